The smallest absolute Gasteiger partial charge is 0.459 e. The zero-order valence-corrected chi connectivity index (χ0v) is 9.01. The highest BCUT2D eigenvalue weighted by Gasteiger charge is 2.42. The van der Waals surface area contributed by atoms with E-state index in [9.17, 15) is 4.79 Å². The summed E-state index contributed by atoms with van der Waals surface area (Å²) in [6.07, 6.45) is 0.754. The molecule has 0 aromatic heterocycles. The van der Waals surface area contributed by atoms with Crippen molar-refractivity contribution < 1.29 is 24.3 Å². The molecule has 1 rings (SSSR count). The van der Waals surface area contributed by atoms with Crippen LogP contribution < -0.4 is 0 Å². The van der Waals surface area contributed by atoms with Crippen LogP contribution in [-0.2, 0) is 14.3 Å². The van der Waals surface area contributed by atoms with Crippen molar-refractivity contribution in [3.05, 3.63) is 11.8 Å². The van der Waals surface area contributed by atoms with Gasteiger partial charge in [-0.3, -0.25) is 4.79 Å². The lowest BCUT2D eigenvalue weighted by molar-refractivity contribution is -0.131. The second-order valence-electron chi connectivity index (χ2n) is 3.61. The molecule has 84 valence electrons. The van der Waals surface area contributed by atoms with Gasteiger partial charge in [0.15, 0.2) is 5.76 Å². The number of rotatable bonds is 3. The van der Waals surface area contributed by atoms with E-state index in [4.69, 9.17) is 19.5 Å². The Bertz CT molecular complexity index is 276. The number of hydrogen-bond acceptors (Lipinski definition) is 5. The SMILES string of the molecule is COC1=CC(B(O)O)C(C)C(OC)C1=O. The summed E-state index contributed by atoms with van der Waals surface area (Å²) in [5.41, 5.74) is 0. The van der Waals surface area contributed by atoms with Crippen molar-refractivity contribution in [1.29, 1.82) is 0 Å². The third-order valence-electron chi connectivity index (χ3n) is 2.75. The van der Waals surface area contributed by atoms with Crippen LogP contribution in [0.25, 0.3) is 0 Å². The minimum atomic E-state index is -1.52. The Morgan fingerprint density at radius 3 is 2.40 bits per heavy atom. The lowest BCUT2D eigenvalue weighted by Gasteiger charge is -2.31. The van der Waals surface area contributed by atoms with Crippen molar-refractivity contribution in [1.82, 2.24) is 0 Å². The molecule has 6 heteroatoms. The molecule has 0 bridgehead atoms. The van der Waals surface area contributed by atoms with Crippen LogP contribution in [0.2, 0.25) is 5.82 Å². The van der Waals surface area contributed by atoms with Gasteiger partial charge in [0.2, 0.25) is 5.78 Å². The predicted molar refractivity (Wildman–Crippen MR) is 54.0 cm³/mol. The van der Waals surface area contributed by atoms with Gasteiger partial charge in [0.25, 0.3) is 0 Å². The van der Waals surface area contributed by atoms with Crippen molar-refractivity contribution in [2.75, 3.05) is 14.2 Å². The molecule has 0 aliphatic heterocycles. The summed E-state index contributed by atoms with van der Waals surface area (Å²) in [7, 11) is 1.27. The van der Waals surface area contributed by atoms with Crippen LogP contribution in [-0.4, -0.2) is 43.3 Å². The van der Waals surface area contributed by atoms with Crippen LogP contribution in [0.5, 0.6) is 0 Å². The van der Waals surface area contributed by atoms with E-state index >= 15 is 0 Å². The Morgan fingerprint density at radius 1 is 1.40 bits per heavy atom. The quantitative estimate of drug-likeness (QED) is 0.624. The van der Waals surface area contributed by atoms with Gasteiger partial charge in [0.05, 0.1) is 7.11 Å². The molecule has 3 unspecified atom stereocenters. The summed E-state index contributed by atoms with van der Waals surface area (Å²) in [5, 5.41) is 18.3. The molecule has 0 aromatic carbocycles. The molecule has 0 saturated carbocycles. The maximum absolute atomic E-state index is 11.7. The van der Waals surface area contributed by atoms with Crippen molar-refractivity contribution in [2.45, 2.75) is 18.8 Å². The van der Waals surface area contributed by atoms with Crippen molar-refractivity contribution in [3.63, 3.8) is 0 Å². The molecule has 2 N–H and O–H groups in total. The molecule has 0 amide bonds. The fourth-order valence-electron chi connectivity index (χ4n) is 1.84. The topological polar surface area (TPSA) is 76.0 Å². The summed E-state index contributed by atoms with van der Waals surface area (Å²) in [6.45, 7) is 1.74. The van der Waals surface area contributed by atoms with E-state index in [1.165, 1.54) is 20.3 Å². The summed E-state index contributed by atoms with van der Waals surface area (Å²) >= 11 is 0. The lowest BCUT2D eigenvalue weighted by atomic mass is 9.61. The van der Waals surface area contributed by atoms with Crippen molar-refractivity contribution >= 4 is 12.9 Å². The molecule has 0 fully saturated rings. The number of Topliss-reactive ketones (excluding diaryl/α,β-unsaturated/α-hetero) is 1. The largest absolute Gasteiger partial charge is 0.493 e. The van der Waals surface area contributed by atoms with E-state index in [2.05, 4.69) is 0 Å². The van der Waals surface area contributed by atoms with Gasteiger partial charge in [-0.2, -0.15) is 0 Å². The van der Waals surface area contributed by atoms with Crippen LogP contribution in [0.4, 0.5) is 0 Å². The molecule has 0 aromatic rings. The van der Waals surface area contributed by atoms with Gasteiger partial charge < -0.3 is 19.5 Å². The second-order valence-corrected chi connectivity index (χ2v) is 3.61. The van der Waals surface area contributed by atoms with Gasteiger partial charge in [0, 0.05) is 12.9 Å². The average molecular weight is 214 g/mol. The number of allylic oxidation sites excluding steroid dienone is 1. The molecule has 5 nitrogen and oxygen atoms in total. The second kappa shape index (κ2) is 4.78. The van der Waals surface area contributed by atoms with E-state index < -0.39 is 19.0 Å². The van der Waals surface area contributed by atoms with Crippen molar-refractivity contribution in [3.8, 4) is 0 Å². The summed E-state index contributed by atoms with van der Waals surface area (Å²) in [6, 6.07) is 0. The standard InChI is InChI=1S/C9H15BO5/c1-5-6(10(12)13)4-7(14-2)8(11)9(5)15-3/h4-6,9,12-13H,1-3H3. The van der Waals surface area contributed by atoms with E-state index in [-0.39, 0.29) is 17.5 Å². The highest BCUT2D eigenvalue weighted by Crippen LogP contribution is 2.33. The lowest BCUT2D eigenvalue weighted by Crippen LogP contribution is -2.42. The molecule has 1 aliphatic rings. The monoisotopic (exact) mass is 214 g/mol. The van der Waals surface area contributed by atoms with Crippen LogP contribution in [0, 0.1) is 5.92 Å². The molecule has 1 aliphatic carbocycles. The average Bonchev–Trinajstić information content (AvgIpc) is 2.18. The Labute approximate surface area is 88.8 Å². The molecule has 0 spiro atoms. The molecular formula is C9H15BO5. The molecule has 0 heterocycles. The fraction of sp³-hybridized carbons (Fsp3) is 0.667. The number of carbonyl (C=O) groups is 1. The van der Waals surface area contributed by atoms with Gasteiger partial charge >= 0.3 is 7.12 Å². The van der Waals surface area contributed by atoms with E-state index in [1.807, 2.05) is 0 Å². The minimum absolute atomic E-state index is 0.123. The van der Waals surface area contributed by atoms with Crippen LogP contribution in [0.1, 0.15) is 6.92 Å². The Kier molecular flexibility index (Phi) is 3.90. The first-order valence-corrected chi connectivity index (χ1v) is 4.71. The van der Waals surface area contributed by atoms with Crippen LogP contribution >= 0.6 is 0 Å². The highest BCUT2D eigenvalue weighted by molar-refractivity contribution is 6.44. The first-order chi connectivity index (χ1) is 7.02. The van der Waals surface area contributed by atoms with E-state index in [0.717, 1.165) is 0 Å². The zero-order chi connectivity index (χ0) is 11.6. The van der Waals surface area contributed by atoms with Crippen molar-refractivity contribution in [2.24, 2.45) is 5.92 Å². The normalized spacial score (nSPS) is 31.1. The number of methoxy groups -OCH3 is 2. The highest BCUT2D eigenvalue weighted by atomic mass is 16.5. The summed E-state index contributed by atoms with van der Waals surface area (Å²) < 4.78 is 9.91. The Balaban J connectivity index is 3.02. The van der Waals surface area contributed by atoms with Gasteiger partial charge in [-0.1, -0.05) is 6.92 Å². The third kappa shape index (κ3) is 2.22. The van der Waals surface area contributed by atoms with Gasteiger partial charge in [-0.15, -0.1) is 0 Å². The molecule has 0 radical (unpaired) electrons. The number of ketones is 1. The minimum Gasteiger partial charge on any atom is -0.493 e. The van der Waals surface area contributed by atoms with Gasteiger partial charge in [0.1, 0.15) is 6.10 Å². The molecular weight excluding hydrogens is 199 g/mol. The predicted octanol–water partition coefficient (Wildman–Crippen LogP) is -0.407. The number of hydrogen-bond donors (Lipinski definition) is 2. The Morgan fingerprint density at radius 2 is 2.00 bits per heavy atom. The summed E-state index contributed by atoms with van der Waals surface area (Å²) in [5.74, 6) is -0.980. The number of carbonyl (C=O) groups excluding carboxylic acids is 1. The first-order valence-electron chi connectivity index (χ1n) is 4.71. The zero-order valence-electron chi connectivity index (χ0n) is 9.01. The number of ether oxygens (including phenoxy) is 2. The first kappa shape index (κ1) is 12.2. The molecule has 3 atom stereocenters. The molecule has 0 saturated heterocycles. The van der Waals surface area contributed by atoms with Gasteiger partial charge in [-0.05, 0) is 12.0 Å². The maximum Gasteiger partial charge on any atom is 0.459 e. The summed E-state index contributed by atoms with van der Waals surface area (Å²) in [4.78, 5) is 11.7. The molecule has 15 heavy (non-hydrogen) atoms. The Hall–Kier alpha value is -0.845. The van der Waals surface area contributed by atoms with E-state index in [0.29, 0.717) is 0 Å². The van der Waals surface area contributed by atoms with Gasteiger partial charge in [-0.25, -0.2) is 0 Å². The third-order valence-corrected chi connectivity index (χ3v) is 2.75. The maximum atomic E-state index is 11.7. The van der Waals surface area contributed by atoms with Crippen LogP contribution in [0.15, 0.2) is 11.8 Å². The van der Waals surface area contributed by atoms with E-state index in [1.54, 1.807) is 6.92 Å². The van der Waals surface area contributed by atoms with Crippen LogP contribution in [0.3, 0.4) is 0 Å². The fourth-order valence-corrected chi connectivity index (χ4v) is 1.84.